The fraction of sp³-hybridized carbons (Fsp3) is 0.0385. The summed E-state index contributed by atoms with van der Waals surface area (Å²) in [6.07, 6.45) is 3.07. The first-order valence-corrected chi connectivity index (χ1v) is 10.2. The highest BCUT2D eigenvalue weighted by atomic mass is 19.1. The first-order valence-electron chi connectivity index (χ1n) is 10.2. The van der Waals surface area contributed by atoms with E-state index in [0.717, 1.165) is 5.56 Å². The van der Waals surface area contributed by atoms with Crippen molar-refractivity contribution in [3.8, 4) is 11.5 Å². The first-order chi connectivity index (χ1) is 16.1. The molecule has 0 atom stereocenters. The molecule has 0 fully saturated rings. The lowest BCUT2D eigenvalue weighted by molar-refractivity contribution is 0.0949. The van der Waals surface area contributed by atoms with E-state index in [4.69, 9.17) is 4.74 Å². The number of hydrogen-bond donors (Lipinski definition) is 2. The summed E-state index contributed by atoms with van der Waals surface area (Å²) in [6, 6.07) is 23.0. The molecule has 0 aliphatic rings. The maximum atomic E-state index is 13.0. The van der Waals surface area contributed by atoms with Gasteiger partial charge < -0.3 is 15.4 Å². The van der Waals surface area contributed by atoms with Crippen LogP contribution in [0.1, 0.15) is 26.3 Å². The van der Waals surface area contributed by atoms with Gasteiger partial charge in [-0.1, -0.05) is 18.2 Å². The molecule has 1 aromatic heterocycles. The summed E-state index contributed by atoms with van der Waals surface area (Å²) in [5, 5.41) is 5.62. The van der Waals surface area contributed by atoms with Crippen molar-refractivity contribution < 1.29 is 18.7 Å². The molecule has 7 heteroatoms. The molecule has 0 saturated carbocycles. The van der Waals surface area contributed by atoms with Crippen LogP contribution in [0.4, 0.5) is 10.1 Å². The monoisotopic (exact) mass is 441 g/mol. The molecule has 0 unspecified atom stereocenters. The lowest BCUT2D eigenvalue weighted by Crippen LogP contribution is -2.23. The van der Waals surface area contributed by atoms with Gasteiger partial charge in [0.25, 0.3) is 11.8 Å². The van der Waals surface area contributed by atoms with Crippen LogP contribution >= 0.6 is 0 Å². The Hall–Kier alpha value is -4.52. The van der Waals surface area contributed by atoms with Gasteiger partial charge in [-0.25, -0.2) is 4.39 Å². The maximum absolute atomic E-state index is 13.0. The molecule has 0 aliphatic heterocycles. The zero-order valence-corrected chi connectivity index (χ0v) is 17.5. The van der Waals surface area contributed by atoms with Crippen LogP contribution in [0.5, 0.6) is 11.5 Å². The third-order valence-corrected chi connectivity index (χ3v) is 4.73. The number of anilines is 1. The lowest BCUT2D eigenvalue weighted by Gasteiger charge is -2.09. The largest absolute Gasteiger partial charge is 0.457 e. The number of hydrogen-bond acceptors (Lipinski definition) is 4. The molecular weight excluding hydrogens is 421 g/mol. The third-order valence-electron chi connectivity index (χ3n) is 4.73. The van der Waals surface area contributed by atoms with Gasteiger partial charge in [-0.15, -0.1) is 0 Å². The maximum Gasteiger partial charge on any atom is 0.257 e. The summed E-state index contributed by atoms with van der Waals surface area (Å²) in [6.45, 7) is 0.321. The number of rotatable bonds is 7. The summed E-state index contributed by atoms with van der Waals surface area (Å²) in [7, 11) is 0. The van der Waals surface area contributed by atoms with Crippen LogP contribution in [0.25, 0.3) is 0 Å². The highest BCUT2D eigenvalue weighted by molar-refractivity contribution is 6.04. The van der Waals surface area contributed by atoms with Crippen molar-refractivity contribution in [1.82, 2.24) is 10.3 Å². The molecule has 3 aromatic carbocycles. The zero-order chi connectivity index (χ0) is 23.0. The van der Waals surface area contributed by atoms with Gasteiger partial charge >= 0.3 is 0 Å². The third kappa shape index (κ3) is 6.01. The Morgan fingerprint density at radius 1 is 0.818 bits per heavy atom. The second-order valence-corrected chi connectivity index (χ2v) is 7.16. The van der Waals surface area contributed by atoms with Crippen molar-refractivity contribution in [3.05, 3.63) is 120 Å². The molecule has 0 saturated heterocycles. The molecule has 6 nitrogen and oxygen atoms in total. The van der Waals surface area contributed by atoms with E-state index in [0.29, 0.717) is 34.9 Å². The SMILES string of the molecule is O=C(NCc1ccc(Oc2ccc(F)cc2)cc1)c1cccc(NC(=O)c2cccnc2)c1. The Morgan fingerprint density at radius 3 is 2.21 bits per heavy atom. The molecule has 0 radical (unpaired) electrons. The number of aromatic nitrogens is 1. The average Bonchev–Trinajstić information content (AvgIpc) is 2.85. The highest BCUT2D eigenvalue weighted by Crippen LogP contribution is 2.22. The quantitative estimate of drug-likeness (QED) is 0.413. The van der Waals surface area contributed by atoms with Crippen LogP contribution < -0.4 is 15.4 Å². The minimum absolute atomic E-state index is 0.265. The summed E-state index contributed by atoms with van der Waals surface area (Å²) in [5.41, 5.74) is 2.25. The van der Waals surface area contributed by atoms with E-state index in [2.05, 4.69) is 15.6 Å². The number of carbonyl (C=O) groups is 2. The van der Waals surface area contributed by atoms with Crippen LogP contribution in [0.2, 0.25) is 0 Å². The molecule has 0 aliphatic carbocycles. The second kappa shape index (κ2) is 10.2. The van der Waals surface area contributed by atoms with Gasteiger partial charge in [0.2, 0.25) is 0 Å². The summed E-state index contributed by atoms with van der Waals surface area (Å²) >= 11 is 0. The smallest absolute Gasteiger partial charge is 0.257 e. The number of benzene rings is 3. The van der Waals surface area contributed by atoms with Crippen LogP contribution in [0.15, 0.2) is 97.3 Å². The molecular formula is C26H20FN3O3. The van der Waals surface area contributed by atoms with Gasteiger partial charge in [0, 0.05) is 30.2 Å². The van der Waals surface area contributed by atoms with E-state index in [1.807, 2.05) is 12.1 Å². The Kier molecular flexibility index (Phi) is 6.70. The van der Waals surface area contributed by atoms with E-state index in [-0.39, 0.29) is 17.6 Å². The van der Waals surface area contributed by atoms with E-state index in [9.17, 15) is 14.0 Å². The number of nitrogens with one attached hydrogen (secondary N) is 2. The minimum Gasteiger partial charge on any atom is -0.457 e. The van der Waals surface area contributed by atoms with Crippen LogP contribution in [-0.4, -0.2) is 16.8 Å². The molecule has 1 heterocycles. The molecule has 2 amide bonds. The molecule has 4 rings (SSSR count). The van der Waals surface area contributed by atoms with Crippen molar-refractivity contribution in [2.24, 2.45) is 0 Å². The number of amides is 2. The number of ether oxygens (including phenoxy) is 1. The van der Waals surface area contributed by atoms with Crippen molar-refractivity contribution in [3.63, 3.8) is 0 Å². The summed E-state index contributed by atoms with van der Waals surface area (Å²) < 4.78 is 18.7. The Bertz CT molecular complexity index is 1240. The highest BCUT2D eigenvalue weighted by Gasteiger charge is 2.10. The van der Waals surface area contributed by atoms with Gasteiger partial charge in [-0.3, -0.25) is 14.6 Å². The standard InChI is InChI=1S/C26H20FN3O3/c27-21-8-12-24(13-9-21)33-23-10-6-18(7-11-23)16-29-25(31)19-3-1-5-22(15-19)30-26(32)20-4-2-14-28-17-20/h1-15,17H,16H2,(H,29,31)(H,30,32). The van der Waals surface area contributed by atoms with E-state index < -0.39 is 0 Å². The van der Waals surface area contributed by atoms with Gasteiger partial charge in [0.1, 0.15) is 17.3 Å². The number of nitrogens with zero attached hydrogens (tertiary/aromatic N) is 1. The van der Waals surface area contributed by atoms with Gasteiger partial charge in [-0.05, 0) is 72.3 Å². The van der Waals surface area contributed by atoms with Crippen molar-refractivity contribution in [1.29, 1.82) is 0 Å². The molecule has 4 aromatic rings. The van der Waals surface area contributed by atoms with E-state index in [1.54, 1.807) is 66.9 Å². The average molecular weight is 441 g/mol. The van der Waals surface area contributed by atoms with Crippen molar-refractivity contribution in [2.45, 2.75) is 6.54 Å². The number of carbonyl (C=O) groups excluding carboxylic acids is 2. The lowest BCUT2D eigenvalue weighted by atomic mass is 10.1. The Balaban J connectivity index is 1.32. The molecule has 0 spiro atoms. The zero-order valence-electron chi connectivity index (χ0n) is 17.5. The number of pyridine rings is 1. The van der Waals surface area contributed by atoms with Crippen molar-refractivity contribution >= 4 is 17.5 Å². The summed E-state index contributed by atoms with van der Waals surface area (Å²) in [5.74, 6) is 0.249. The van der Waals surface area contributed by atoms with Crippen LogP contribution in [0.3, 0.4) is 0 Å². The number of halogens is 1. The topological polar surface area (TPSA) is 80.3 Å². The fourth-order valence-electron chi connectivity index (χ4n) is 3.04. The van der Waals surface area contributed by atoms with Gasteiger partial charge in [0.15, 0.2) is 0 Å². The van der Waals surface area contributed by atoms with Crippen LogP contribution in [-0.2, 0) is 6.54 Å². The predicted molar refractivity (Wildman–Crippen MR) is 123 cm³/mol. The molecule has 2 N–H and O–H groups in total. The molecule has 164 valence electrons. The van der Waals surface area contributed by atoms with Gasteiger partial charge in [-0.2, -0.15) is 0 Å². The second-order valence-electron chi connectivity index (χ2n) is 7.16. The van der Waals surface area contributed by atoms with Crippen LogP contribution in [0, 0.1) is 5.82 Å². The Morgan fingerprint density at radius 2 is 1.52 bits per heavy atom. The predicted octanol–water partition coefficient (Wildman–Crippen LogP) is 5.20. The van der Waals surface area contributed by atoms with E-state index in [1.165, 1.54) is 18.3 Å². The molecule has 33 heavy (non-hydrogen) atoms. The summed E-state index contributed by atoms with van der Waals surface area (Å²) in [4.78, 5) is 28.8. The van der Waals surface area contributed by atoms with Crippen molar-refractivity contribution in [2.75, 3.05) is 5.32 Å². The van der Waals surface area contributed by atoms with E-state index >= 15 is 0 Å². The minimum atomic E-state index is -0.324. The normalized spacial score (nSPS) is 10.3. The van der Waals surface area contributed by atoms with Gasteiger partial charge in [0.05, 0.1) is 5.56 Å². The first kappa shape index (κ1) is 21.7. The fourth-order valence-corrected chi connectivity index (χ4v) is 3.04. The Labute approximate surface area is 190 Å². The molecule has 0 bridgehead atoms.